The highest BCUT2D eigenvalue weighted by Gasteiger charge is 2.51. The van der Waals surface area contributed by atoms with Gasteiger partial charge in [-0.15, -0.1) is 0 Å². The van der Waals surface area contributed by atoms with Gasteiger partial charge in [-0.25, -0.2) is 0 Å². The van der Waals surface area contributed by atoms with Crippen LogP contribution in [0.15, 0.2) is 97.3 Å². The van der Waals surface area contributed by atoms with Crippen molar-refractivity contribution in [1.82, 2.24) is 9.88 Å². The van der Waals surface area contributed by atoms with Crippen LogP contribution in [0.25, 0.3) is 11.1 Å². The molecule has 0 atom stereocenters. The fourth-order valence-corrected chi connectivity index (χ4v) is 5.66. The molecular weight excluding hydrogens is 564 g/mol. The van der Waals surface area contributed by atoms with Crippen LogP contribution in [0.2, 0.25) is 0 Å². The number of carboxylic acids is 1. The molecule has 4 aromatic rings. The van der Waals surface area contributed by atoms with Crippen molar-refractivity contribution >= 4 is 29.2 Å². The second-order valence-electron chi connectivity index (χ2n) is 11.7. The molecule has 1 aromatic heterocycles. The zero-order chi connectivity index (χ0) is 31.8. The molecule has 3 aromatic carbocycles. The fraction of sp³-hybridized carbons (Fsp3) is 0.297. The molecule has 5 rings (SSSR count). The molecule has 1 fully saturated rings. The Kier molecular flexibility index (Phi) is 9.92. The summed E-state index contributed by atoms with van der Waals surface area (Å²) in [5, 5.41) is 12.6. The summed E-state index contributed by atoms with van der Waals surface area (Å²) < 4.78 is 0. The van der Waals surface area contributed by atoms with Crippen molar-refractivity contribution in [1.29, 1.82) is 0 Å². The fourth-order valence-electron chi connectivity index (χ4n) is 5.66. The summed E-state index contributed by atoms with van der Waals surface area (Å²) in [6.07, 6.45) is 6.68. The predicted molar refractivity (Wildman–Crippen MR) is 177 cm³/mol. The Balaban J connectivity index is 1.43. The Hall–Kier alpha value is -4.98. The lowest BCUT2D eigenvalue weighted by molar-refractivity contribution is -0.137. The van der Waals surface area contributed by atoms with Crippen molar-refractivity contribution in [2.75, 3.05) is 30.4 Å². The molecular formula is C37H40N4O4. The second kappa shape index (κ2) is 14.2. The molecule has 8 nitrogen and oxygen atoms in total. The molecule has 0 saturated heterocycles. The summed E-state index contributed by atoms with van der Waals surface area (Å²) in [4.78, 5) is 46.2. The number of hydrogen-bond acceptors (Lipinski definition) is 5. The van der Waals surface area contributed by atoms with Crippen LogP contribution in [0, 0.1) is 0 Å². The van der Waals surface area contributed by atoms with Gasteiger partial charge in [-0.1, -0.05) is 67.9 Å². The van der Waals surface area contributed by atoms with Gasteiger partial charge in [-0.05, 0) is 71.8 Å². The minimum Gasteiger partial charge on any atom is -0.481 e. The lowest BCUT2D eigenvalue weighted by Crippen LogP contribution is -2.32. The first-order chi connectivity index (χ1) is 21.8. The van der Waals surface area contributed by atoms with Crippen LogP contribution >= 0.6 is 0 Å². The monoisotopic (exact) mass is 604 g/mol. The van der Waals surface area contributed by atoms with Gasteiger partial charge in [-0.2, -0.15) is 0 Å². The van der Waals surface area contributed by atoms with E-state index in [1.54, 1.807) is 23.2 Å². The number of nitrogens with zero attached hydrogens (tertiary/aromatic N) is 3. The van der Waals surface area contributed by atoms with E-state index < -0.39 is 11.4 Å². The minimum absolute atomic E-state index is 0.00716. The van der Waals surface area contributed by atoms with E-state index in [9.17, 15) is 19.5 Å². The number of pyridine rings is 1. The smallest absolute Gasteiger partial charge is 0.305 e. The number of carbonyl (C=O) groups is 3. The highest BCUT2D eigenvalue weighted by molar-refractivity contribution is 6.04. The highest BCUT2D eigenvalue weighted by atomic mass is 16.4. The number of unbranched alkanes of at least 4 members (excludes halogenated alkanes) is 1. The Morgan fingerprint density at radius 1 is 0.911 bits per heavy atom. The standard InChI is InChI=1S/C37H40N4O4/c1-3-4-21-40(2)33-16-15-29(24-32(33)39-36(45)37(18-19-37)31-13-6-5-7-14-31)28-11-8-10-27(23-28)26-41(22-17-34(42)43)35(44)30-12-9-20-38-25-30/h5-16,20,23-25H,3-4,17-19,21-22,26H2,1-2H3,(H,39,45)(H,42,43). The summed E-state index contributed by atoms with van der Waals surface area (Å²) in [7, 11) is 2.05. The number of aromatic nitrogens is 1. The molecule has 1 aliphatic rings. The van der Waals surface area contributed by atoms with E-state index in [4.69, 9.17) is 0 Å². The average Bonchev–Trinajstić information content (AvgIpc) is 3.88. The molecule has 0 radical (unpaired) electrons. The van der Waals surface area contributed by atoms with Crippen LogP contribution in [-0.2, 0) is 21.5 Å². The molecule has 0 aliphatic heterocycles. The number of carbonyl (C=O) groups excluding carboxylic acids is 2. The normalized spacial score (nSPS) is 13.1. The summed E-state index contributed by atoms with van der Waals surface area (Å²) in [6.45, 7) is 3.35. The summed E-state index contributed by atoms with van der Waals surface area (Å²) >= 11 is 0. The van der Waals surface area contributed by atoms with E-state index in [-0.39, 0.29) is 31.3 Å². The molecule has 2 amide bonds. The third-order valence-corrected chi connectivity index (χ3v) is 8.44. The van der Waals surface area contributed by atoms with Crippen molar-refractivity contribution in [3.8, 4) is 11.1 Å². The van der Waals surface area contributed by atoms with Gasteiger partial charge >= 0.3 is 5.97 Å². The number of carboxylic acid groups (broad SMARTS) is 1. The molecule has 1 aliphatic carbocycles. The van der Waals surface area contributed by atoms with Gasteiger partial charge in [0, 0.05) is 39.1 Å². The Labute approximate surface area is 264 Å². The van der Waals surface area contributed by atoms with Gasteiger partial charge < -0.3 is 20.2 Å². The van der Waals surface area contributed by atoms with Gasteiger partial charge in [0.15, 0.2) is 0 Å². The van der Waals surface area contributed by atoms with E-state index in [1.165, 1.54) is 6.20 Å². The van der Waals surface area contributed by atoms with Crippen molar-refractivity contribution in [2.45, 2.75) is 51.0 Å². The topological polar surface area (TPSA) is 103 Å². The average molecular weight is 605 g/mol. The quantitative estimate of drug-likeness (QED) is 0.165. The van der Waals surface area contributed by atoms with Crippen LogP contribution in [0.3, 0.4) is 0 Å². The molecule has 1 heterocycles. The molecule has 232 valence electrons. The number of amides is 2. The second-order valence-corrected chi connectivity index (χ2v) is 11.7. The molecule has 0 bridgehead atoms. The Bertz CT molecular complexity index is 1640. The first-order valence-corrected chi connectivity index (χ1v) is 15.5. The SMILES string of the molecule is CCCCN(C)c1ccc(-c2cccc(CN(CCC(=O)O)C(=O)c3cccnc3)c2)cc1NC(=O)C1(c2ccccc2)CC1. The molecule has 2 N–H and O–H groups in total. The van der Waals surface area contributed by atoms with Gasteiger partial charge in [0.05, 0.1) is 28.8 Å². The first-order valence-electron chi connectivity index (χ1n) is 15.5. The van der Waals surface area contributed by atoms with Crippen molar-refractivity contribution in [3.05, 3.63) is 114 Å². The number of aliphatic carboxylic acids is 1. The summed E-state index contributed by atoms with van der Waals surface area (Å²) in [6, 6.07) is 27.4. The third kappa shape index (κ3) is 7.58. The van der Waals surface area contributed by atoms with Crippen LogP contribution in [0.4, 0.5) is 11.4 Å². The first kappa shape index (κ1) is 31.4. The van der Waals surface area contributed by atoms with Crippen molar-refractivity contribution in [2.24, 2.45) is 0 Å². The zero-order valence-electron chi connectivity index (χ0n) is 25.9. The highest BCUT2D eigenvalue weighted by Crippen LogP contribution is 2.49. The molecule has 8 heteroatoms. The van der Waals surface area contributed by atoms with Gasteiger partial charge in [-0.3, -0.25) is 19.4 Å². The Morgan fingerprint density at radius 3 is 2.38 bits per heavy atom. The summed E-state index contributed by atoms with van der Waals surface area (Å²) in [5.41, 5.74) is 5.40. The molecule has 1 saturated carbocycles. The molecule has 0 spiro atoms. The lowest BCUT2D eigenvalue weighted by Gasteiger charge is -2.25. The van der Waals surface area contributed by atoms with E-state index in [2.05, 4.69) is 41.3 Å². The van der Waals surface area contributed by atoms with Crippen LogP contribution in [0.1, 0.15) is 60.5 Å². The minimum atomic E-state index is -0.966. The van der Waals surface area contributed by atoms with Gasteiger partial charge in [0.2, 0.25) is 5.91 Å². The third-order valence-electron chi connectivity index (χ3n) is 8.44. The van der Waals surface area contributed by atoms with Crippen molar-refractivity contribution < 1.29 is 19.5 Å². The van der Waals surface area contributed by atoms with E-state index in [0.717, 1.165) is 65.9 Å². The molecule has 0 unspecified atom stereocenters. The van der Waals surface area contributed by atoms with E-state index in [0.29, 0.717) is 5.56 Å². The van der Waals surface area contributed by atoms with E-state index in [1.807, 2.05) is 60.7 Å². The predicted octanol–water partition coefficient (Wildman–Crippen LogP) is 6.77. The zero-order valence-corrected chi connectivity index (χ0v) is 25.9. The van der Waals surface area contributed by atoms with Gasteiger partial charge in [0.1, 0.15) is 0 Å². The van der Waals surface area contributed by atoms with E-state index >= 15 is 0 Å². The number of rotatable bonds is 14. The maximum Gasteiger partial charge on any atom is 0.305 e. The maximum absolute atomic E-state index is 13.8. The Morgan fingerprint density at radius 2 is 1.69 bits per heavy atom. The summed E-state index contributed by atoms with van der Waals surface area (Å²) in [5.74, 6) is -1.23. The number of benzene rings is 3. The molecule has 45 heavy (non-hydrogen) atoms. The lowest BCUT2D eigenvalue weighted by atomic mass is 9.94. The van der Waals surface area contributed by atoms with Crippen LogP contribution < -0.4 is 10.2 Å². The largest absolute Gasteiger partial charge is 0.481 e. The number of anilines is 2. The van der Waals surface area contributed by atoms with Crippen molar-refractivity contribution in [3.63, 3.8) is 0 Å². The van der Waals surface area contributed by atoms with Crippen LogP contribution in [-0.4, -0.2) is 52.9 Å². The van der Waals surface area contributed by atoms with Gasteiger partial charge in [0.25, 0.3) is 5.91 Å². The maximum atomic E-state index is 13.8. The number of nitrogens with one attached hydrogen (secondary N) is 1. The van der Waals surface area contributed by atoms with Crippen LogP contribution in [0.5, 0.6) is 0 Å². The number of hydrogen-bond donors (Lipinski definition) is 2.